The summed E-state index contributed by atoms with van der Waals surface area (Å²) in [4.78, 5) is 0. The highest BCUT2D eigenvalue weighted by Gasteiger charge is 2.26. The number of hydrogen-bond donors (Lipinski definition) is 0. The number of rotatable bonds is 1. The summed E-state index contributed by atoms with van der Waals surface area (Å²) in [6.45, 7) is 0. The number of nitriles is 1. The average molecular weight is 180 g/mol. The van der Waals surface area contributed by atoms with Gasteiger partial charge < -0.3 is 0 Å². The minimum atomic E-state index is 0.196. The van der Waals surface area contributed by atoms with Gasteiger partial charge in [0, 0.05) is 5.92 Å². The predicted molar refractivity (Wildman–Crippen MR) is 43.7 cm³/mol. The first kappa shape index (κ1) is 7.51. The Labute approximate surface area is 75.0 Å². The first-order valence-corrected chi connectivity index (χ1v) is 4.12. The predicted octanol–water partition coefficient (Wildman–Crippen LogP) is 1.88. The van der Waals surface area contributed by atoms with Crippen LogP contribution in [0.5, 0.6) is 0 Å². The molecular weight excluding hydrogens is 174 g/mol. The van der Waals surface area contributed by atoms with Crippen molar-refractivity contribution in [1.29, 1.82) is 5.26 Å². The Balaban J connectivity index is 2.42. The van der Waals surface area contributed by atoms with Crippen molar-refractivity contribution in [2.24, 2.45) is 0 Å². The van der Waals surface area contributed by atoms with Crippen molar-refractivity contribution in [3.8, 4) is 6.07 Å². The Morgan fingerprint density at radius 2 is 2.25 bits per heavy atom. The second kappa shape index (κ2) is 2.72. The standard InChI is InChI=1S/C8H6ClN3/c9-8-6(4-10)3-7(11-12-8)5-1-2-5/h3,5H,1-2H2. The molecule has 0 bridgehead atoms. The van der Waals surface area contributed by atoms with Gasteiger partial charge in [0.2, 0.25) is 0 Å². The fraction of sp³-hybridized carbons (Fsp3) is 0.375. The van der Waals surface area contributed by atoms with Gasteiger partial charge in [0.15, 0.2) is 5.15 Å². The number of aromatic nitrogens is 2. The van der Waals surface area contributed by atoms with E-state index in [1.807, 2.05) is 6.07 Å². The SMILES string of the molecule is N#Cc1cc(C2CC2)nnc1Cl. The van der Waals surface area contributed by atoms with Gasteiger partial charge in [0.25, 0.3) is 0 Å². The summed E-state index contributed by atoms with van der Waals surface area (Å²) in [6, 6.07) is 3.71. The normalized spacial score (nSPS) is 15.7. The molecule has 1 saturated carbocycles. The van der Waals surface area contributed by atoms with E-state index in [-0.39, 0.29) is 5.15 Å². The lowest BCUT2D eigenvalue weighted by atomic mass is 10.2. The smallest absolute Gasteiger partial charge is 0.169 e. The number of hydrogen-bond acceptors (Lipinski definition) is 3. The summed E-state index contributed by atoms with van der Waals surface area (Å²) in [5.74, 6) is 0.516. The van der Waals surface area contributed by atoms with Crippen LogP contribution >= 0.6 is 11.6 Å². The molecule has 12 heavy (non-hydrogen) atoms. The molecule has 1 heterocycles. The lowest BCUT2D eigenvalue weighted by molar-refractivity contribution is 0.907. The molecule has 0 unspecified atom stereocenters. The molecule has 1 aliphatic carbocycles. The van der Waals surface area contributed by atoms with E-state index in [1.54, 1.807) is 6.07 Å². The van der Waals surface area contributed by atoms with Crippen LogP contribution in [0.15, 0.2) is 6.07 Å². The second-order valence-electron chi connectivity index (χ2n) is 2.86. The van der Waals surface area contributed by atoms with Gasteiger partial charge in [-0.15, -0.1) is 5.10 Å². The van der Waals surface area contributed by atoms with Crippen LogP contribution in [0.2, 0.25) is 5.15 Å². The Kier molecular flexibility index (Phi) is 1.70. The largest absolute Gasteiger partial charge is 0.192 e. The van der Waals surface area contributed by atoms with E-state index in [9.17, 15) is 0 Å². The fourth-order valence-electron chi connectivity index (χ4n) is 1.05. The Bertz CT molecular complexity index is 352. The second-order valence-corrected chi connectivity index (χ2v) is 3.22. The maximum absolute atomic E-state index is 8.64. The molecule has 1 aliphatic rings. The third-order valence-electron chi connectivity index (χ3n) is 1.88. The Morgan fingerprint density at radius 1 is 1.50 bits per heavy atom. The molecule has 1 aromatic rings. The van der Waals surface area contributed by atoms with Gasteiger partial charge in [0.05, 0.1) is 11.3 Å². The van der Waals surface area contributed by atoms with Gasteiger partial charge in [-0.05, 0) is 18.9 Å². The molecule has 0 aliphatic heterocycles. The lowest BCUT2D eigenvalue weighted by Gasteiger charge is -1.96. The quantitative estimate of drug-likeness (QED) is 0.662. The van der Waals surface area contributed by atoms with Crippen molar-refractivity contribution in [2.45, 2.75) is 18.8 Å². The molecule has 3 nitrogen and oxygen atoms in total. The molecule has 0 radical (unpaired) electrons. The molecule has 4 heteroatoms. The average Bonchev–Trinajstić information content (AvgIpc) is 2.88. The van der Waals surface area contributed by atoms with E-state index in [1.165, 1.54) is 0 Å². The van der Waals surface area contributed by atoms with E-state index in [4.69, 9.17) is 16.9 Å². The summed E-state index contributed by atoms with van der Waals surface area (Å²) in [7, 11) is 0. The van der Waals surface area contributed by atoms with Gasteiger partial charge in [-0.3, -0.25) is 0 Å². The first-order chi connectivity index (χ1) is 5.81. The van der Waals surface area contributed by atoms with Crippen LogP contribution in [0.3, 0.4) is 0 Å². The molecule has 2 rings (SSSR count). The van der Waals surface area contributed by atoms with Crippen LogP contribution in [0.1, 0.15) is 30.0 Å². The van der Waals surface area contributed by atoms with Crippen LogP contribution < -0.4 is 0 Å². The maximum Gasteiger partial charge on any atom is 0.169 e. The molecule has 1 fully saturated rings. The molecule has 60 valence electrons. The third-order valence-corrected chi connectivity index (χ3v) is 2.16. The maximum atomic E-state index is 8.64. The molecule has 0 aromatic carbocycles. The van der Waals surface area contributed by atoms with Crippen LogP contribution in [-0.4, -0.2) is 10.2 Å². The summed E-state index contributed by atoms with van der Waals surface area (Å²) in [5, 5.41) is 16.5. The first-order valence-electron chi connectivity index (χ1n) is 3.74. The fourth-order valence-corrected chi connectivity index (χ4v) is 1.18. The molecular formula is C8H6ClN3. The van der Waals surface area contributed by atoms with E-state index in [2.05, 4.69) is 10.2 Å². The lowest BCUT2D eigenvalue weighted by Crippen LogP contribution is -1.93. The summed E-state index contributed by atoms with van der Waals surface area (Å²) in [6.07, 6.45) is 2.31. The molecule has 0 spiro atoms. The highest BCUT2D eigenvalue weighted by molar-refractivity contribution is 6.30. The number of nitrogens with zero attached hydrogens (tertiary/aromatic N) is 3. The van der Waals surface area contributed by atoms with Gasteiger partial charge in [-0.1, -0.05) is 11.6 Å². The zero-order chi connectivity index (χ0) is 8.55. The van der Waals surface area contributed by atoms with E-state index in [0.717, 1.165) is 18.5 Å². The Morgan fingerprint density at radius 3 is 2.83 bits per heavy atom. The van der Waals surface area contributed by atoms with Gasteiger partial charge in [-0.2, -0.15) is 10.4 Å². The Hall–Kier alpha value is -1.14. The van der Waals surface area contributed by atoms with Crippen molar-refractivity contribution in [3.63, 3.8) is 0 Å². The van der Waals surface area contributed by atoms with Gasteiger partial charge in [0.1, 0.15) is 6.07 Å². The van der Waals surface area contributed by atoms with Gasteiger partial charge in [-0.25, -0.2) is 0 Å². The molecule has 0 atom stereocenters. The van der Waals surface area contributed by atoms with Crippen molar-refractivity contribution in [1.82, 2.24) is 10.2 Å². The summed E-state index contributed by atoms with van der Waals surface area (Å²) >= 11 is 5.63. The molecule has 0 saturated heterocycles. The monoisotopic (exact) mass is 179 g/mol. The van der Waals surface area contributed by atoms with E-state index in [0.29, 0.717) is 11.5 Å². The topological polar surface area (TPSA) is 49.6 Å². The van der Waals surface area contributed by atoms with Gasteiger partial charge >= 0.3 is 0 Å². The van der Waals surface area contributed by atoms with Crippen LogP contribution in [0, 0.1) is 11.3 Å². The highest BCUT2D eigenvalue weighted by atomic mass is 35.5. The minimum Gasteiger partial charge on any atom is -0.192 e. The van der Waals surface area contributed by atoms with E-state index < -0.39 is 0 Å². The molecule has 0 N–H and O–H groups in total. The summed E-state index contributed by atoms with van der Waals surface area (Å²) in [5.41, 5.74) is 1.32. The highest BCUT2D eigenvalue weighted by Crippen LogP contribution is 2.39. The number of halogens is 1. The van der Waals surface area contributed by atoms with Crippen LogP contribution in [0.4, 0.5) is 0 Å². The molecule has 0 amide bonds. The minimum absolute atomic E-state index is 0.196. The van der Waals surface area contributed by atoms with E-state index >= 15 is 0 Å². The van der Waals surface area contributed by atoms with Crippen molar-refractivity contribution in [2.75, 3.05) is 0 Å². The third kappa shape index (κ3) is 1.26. The van der Waals surface area contributed by atoms with Crippen molar-refractivity contribution in [3.05, 3.63) is 22.5 Å². The van der Waals surface area contributed by atoms with Crippen LogP contribution in [-0.2, 0) is 0 Å². The summed E-state index contributed by atoms with van der Waals surface area (Å²) < 4.78 is 0. The molecule has 1 aromatic heterocycles. The zero-order valence-electron chi connectivity index (χ0n) is 6.29. The van der Waals surface area contributed by atoms with Crippen LogP contribution in [0.25, 0.3) is 0 Å². The van der Waals surface area contributed by atoms with Crippen molar-refractivity contribution >= 4 is 11.6 Å². The zero-order valence-corrected chi connectivity index (χ0v) is 7.04. The van der Waals surface area contributed by atoms with Crippen molar-refractivity contribution < 1.29 is 0 Å².